The van der Waals surface area contributed by atoms with Crippen molar-refractivity contribution in [2.75, 3.05) is 18.9 Å². The Hall–Kier alpha value is -5.79. The van der Waals surface area contributed by atoms with Gasteiger partial charge in [0, 0.05) is 70.9 Å². The fourth-order valence-electron chi connectivity index (χ4n) is 8.23. The Kier molecular flexibility index (Phi) is 9.50. The molecule has 1 amide bonds. The molecule has 3 aromatic carbocycles. The summed E-state index contributed by atoms with van der Waals surface area (Å²) in [6.07, 6.45) is 6.20. The van der Waals surface area contributed by atoms with Crippen molar-refractivity contribution in [3.05, 3.63) is 100 Å². The van der Waals surface area contributed by atoms with Crippen molar-refractivity contribution in [1.82, 2.24) is 25.3 Å². The van der Waals surface area contributed by atoms with E-state index in [0.717, 1.165) is 23.7 Å². The van der Waals surface area contributed by atoms with Crippen molar-refractivity contribution < 1.29 is 24.2 Å². The van der Waals surface area contributed by atoms with Crippen molar-refractivity contribution in [2.45, 2.75) is 63.2 Å². The SMILES string of the molecule is CN1[C@H]2CCC[C@H]1CC(NC(=O)c1nn(CCCNC(=S)Nc3ccc(-c4c5ccc(=O)cc-5oc5cc(O)ccc45)c(C(=O)O)c3)c3ccccc13)C2. The zero-order chi connectivity index (χ0) is 37.5. The number of carboxylic acid groups (broad SMARTS) is 1. The Balaban J connectivity index is 0.935. The number of thiocarbonyl (C=S) groups is 1. The number of rotatable bonds is 9. The van der Waals surface area contributed by atoms with E-state index in [1.54, 1.807) is 24.3 Å². The normalized spacial score (nSPS) is 18.5. The van der Waals surface area contributed by atoms with Crippen molar-refractivity contribution in [2.24, 2.45) is 0 Å². The monoisotopic (exact) mass is 744 g/mol. The van der Waals surface area contributed by atoms with E-state index in [4.69, 9.17) is 21.7 Å². The van der Waals surface area contributed by atoms with Crippen LogP contribution in [-0.4, -0.2) is 73.6 Å². The molecule has 1 aromatic heterocycles. The predicted octanol–water partition coefficient (Wildman–Crippen LogP) is 6.44. The van der Waals surface area contributed by atoms with Crippen LogP contribution in [-0.2, 0) is 6.54 Å². The molecule has 0 saturated carbocycles. The Labute approximate surface area is 316 Å². The van der Waals surface area contributed by atoms with Gasteiger partial charge in [0.25, 0.3) is 5.91 Å². The van der Waals surface area contributed by atoms with Crippen LogP contribution in [0.5, 0.6) is 5.75 Å². The number of hydrogen-bond acceptors (Lipinski definition) is 8. The van der Waals surface area contributed by atoms with E-state index in [0.29, 0.717) is 75.7 Å². The maximum absolute atomic E-state index is 13.5. The van der Waals surface area contributed by atoms with Gasteiger partial charge in [-0.3, -0.25) is 14.3 Å². The number of aromatic nitrogens is 2. The lowest BCUT2D eigenvalue weighted by Gasteiger charge is -2.47. The number of piperidine rings is 2. The Bertz CT molecular complexity index is 2440. The summed E-state index contributed by atoms with van der Waals surface area (Å²) in [5.74, 6) is -1.03. The number of aromatic hydroxyl groups is 1. The van der Waals surface area contributed by atoms with Crippen LogP contribution in [0.15, 0.2) is 88.1 Å². The van der Waals surface area contributed by atoms with Gasteiger partial charge in [0.2, 0.25) is 0 Å². The molecule has 12 nitrogen and oxygen atoms in total. The van der Waals surface area contributed by atoms with Gasteiger partial charge in [-0.2, -0.15) is 5.10 Å². The number of nitrogens with zero attached hydrogens (tertiary/aromatic N) is 3. The van der Waals surface area contributed by atoms with E-state index in [1.165, 1.54) is 49.6 Å². The first-order chi connectivity index (χ1) is 26.1. The van der Waals surface area contributed by atoms with E-state index in [1.807, 2.05) is 28.9 Å². The van der Waals surface area contributed by atoms with E-state index >= 15 is 0 Å². The van der Waals surface area contributed by atoms with Crippen LogP contribution in [0.1, 0.15) is 59.4 Å². The Morgan fingerprint density at radius 2 is 1.74 bits per heavy atom. The third kappa shape index (κ3) is 6.88. The van der Waals surface area contributed by atoms with Gasteiger partial charge >= 0.3 is 5.97 Å². The molecule has 2 bridgehead atoms. The van der Waals surface area contributed by atoms with Gasteiger partial charge < -0.3 is 35.5 Å². The number of para-hydroxylation sites is 1. The minimum atomic E-state index is -1.15. The van der Waals surface area contributed by atoms with Crippen LogP contribution < -0.4 is 21.4 Å². The number of carbonyl (C=O) groups is 2. The summed E-state index contributed by atoms with van der Waals surface area (Å²) in [5.41, 5.74) is 3.41. The van der Waals surface area contributed by atoms with Crippen molar-refractivity contribution in [3.8, 4) is 28.2 Å². The topological polar surface area (TPSA) is 162 Å². The molecule has 5 N–H and O–H groups in total. The summed E-state index contributed by atoms with van der Waals surface area (Å²) in [4.78, 5) is 40.8. The first-order valence-corrected chi connectivity index (χ1v) is 18.6. The number of phenols is 1. The molecule has 2 saturated heterocycles. The summed E-state index contributed by atoms with van der Waals surface area (Å²) in [5, 5.41) is 36.5. The van der Waals surface area contributed by atoms with Crippen LogP contribution >= 0.6 is 12.2 Å². The predicted molar refractivity (Wildman–Crippen MR) is 211 cm³/mol. The smallest absolute Gasteiger partial charge is 0.336 e. The minimum Gasteiger partial charge on any atom is -0.508 e. The zero-order valence-corrected chi connectivity index (χ0v) is 30.5. The molecule has 276 valence electrons. The van der Waals surface area contributed by atoms with Crippen molar-refractivity contribution in [3.63, 3.8) is 0 Å². The summed E-state index contributed by atoms with van der Waals surface area (Å²) in [6, 6.07) is 22.8. The van der Waals surface area contributed by atoms with Gasteiger partial charge in [0.1, 0.15) is 17.1 Å². The maximum Gasteiger partial charge on any atom is 0.336 e. The van der Waals surface area contributed by atoms with Gasteiger partial charge in [-0.25, -0.2) is 4.79 Å². The molecule has 54 heavy (non-hydrogen) atoms. The summed E-state index contributed by atoms with van der Waals surface area (Å²) in [6.45, 7) is 1.06. The van der Waals surface area contributed by atoms with Gasteiger partial charge in [-0.05, 0) is 99.4 Å². The van der Waals surface area contributed by atoms with Gasteiger partial charge in [-0.1, -0.05) is 30.7 Å². The van der Waals surface area contributed by atoms with E-state index < -0.39 is 5.97 Å². The number of anilines is 1. The molecular formula is C41H40N6O6S. The largest absolute Gasteiger partial charge is 0.508 e. The first kappa shape index (κ1) is 35.3. The number of nitrogens with one attached hydrogen (secondary N) is 3. The van der Waals surface area contributed by atoms with Crippen LogP contribution in [0, 0.1) is 0 Å². The molecule has 4 aliphatic rings. The third-order valence-corrected chi connectivity index (χ3v) is 11.1. The number of amides is 1. The van der Waals surface area contributed by atoms with Crippen molar-refractivity contribution in [1.29, 1.82) is 0 Å². The zero-order valence-electron chi connectivity index (χ0n) is 29.7. The number of fused-ring (bicyclic) bond motifs is 5. The number of aryl methyl sites for hydroxylation is 1. The van der Waals surface area contributed by atoms with Crippen LogP contribution in [0.2, 0.25) is 0 Å². The number of aromatic carboxylic acids is 1. The number of hydrogen-bond donors (Lipinski definition) is 5. The quantitative estimate of drug-likeness (QED) is 0.0630. The van der Waals surface area contributed by atoms with Crippen LogP contribution in [0.4, 0.5) is 5.69 Å². The van der Waals surface area contributed by atoms with Gasteiger partial charge in [-0.15, -0.1) is 0 Å². The summed E-state index contributed by atoms with van der Waals surface area (Å²) >= 11 is 5.57. The minimum absolute atomic E-state index is 0.0138. The number of phenolic OH excluding ortho intramolecular Hbond substituents is 1. The van der Waals surface area contributed by atoms with Gasteiger partial charge in [0.15, 0.2) is 16.2 Å². The summed E-state index contributed by atoms with van der Waals surface area (Å²) < 4.78 is 7.80. The molecule has 13 heteroatoms. The second kappa shape index (κ2) is 14.6. The lowest BCUT2D eigenvalue weighted by molar-refractivity contribution is 0.0462. The Morgan fingerprint density at radius 1 is 0.963 bits per heavy atom. The molecule has 3 aliphatic heterocycles. The highest BCUT2D eigenvalue weighted by Gasteiger charge is 2.37. The molecule has 4 aromatic rings. The lowest BCUT2D eigenvalue weighted by atomic mass is 9.82. The number of carbonyl (C=O) groups excluding carboxylic acids is 1. The van der Waals surface area contributed by atoms with E-state index in [-0.39, 0.29) is 34.5 Å². The highest BCUT2D eigenvalue weighted by molar-refractivity contribution is 7.80. The number of carboxylic acids is 1. The van der Waals surface area contributed by atoms with Crippen molar-refractivity contribution >= 4 is 56.8 Å². The molecule has 2 atom stereocenters. The maximum atomic E-state index is 13.5. The van der Waals surface area contributed by atoms with Crippen LogP contribution in [0.25, 0.3) is 44.3 Å². The Morgan fingerprint density at radius 3 is 2.54 bits per heavy atom. The first-order valence-electron chi connectivity index (χ1n) is 18.2. The van der Waals surface area contributed by atoms with E-state index in [9.17, 15) is 24.6 Å². The second-order valence-electron chi connectivity index (χ2n) is 14.3. The third-order valence-electron chi connectivity index (χ3n) is 10.8. The molecule has 4 heterocycles. The molecule has 2 fully saturated rings. The average molecular weight is 745 g/mol. The highest BCUT2D eigenvalue weighted by Crippen LogP contribution is 2.42. The van der Waals surface area contributed by atoms with Gasteiger partial charge in [0.05, 0.1) is 11.1 Å². The molecule has 0 spiro atoms. The second-order valence-corrected chi connectivity index (χ2v) is 14.7. The number of benzene rings is 4. The highest BCUT2D eigenvalue weighted by atomic mass is 32.1. The molecule has 8 rings (SSSR count). The molecule has 0 radical (unpaired) electrons. The fourth-order valence-corrected chi connectivity index (χ4v) is 8.45. The van der Waals surface area contributed by atoms with E-state index in [2.05, 4.69) is 27.9 Å². The molecule has 1 aliphatic carbocycles. The fraction of sp³-hybridized carbons (Fsp3) is 0.293. The lowest BCUT2D eigenvalue weighted by Crippen LogP contribution is -2.55. The van der Waals surface area contributed by atoms with Crippen LogP contribution in [0.3, 0.4) is 0 Å². The summed E-state index contributed by atoms with van der Waals surface area (Å²) in [7, 11) is 2.21. The molecular weight excluding hydrogens is 705 g/mol. The standard InChI is InChI=1S/C41H40N6O6S/c1-46-25-6-4-7-26(46)19-24(18-25)43-39(50)38-30-8-2-3-9-34(30)47(45-38)17-5-16-42-41(54)44-23-10-13-29(33(20-23)40(51)52)37-31-14-11-27(48)21-35(31)53-36-22-28(49)12-15-32(36)37/h2-3,8-15,20-22,24-26,48H,4-7,16-19H2,1H3,(H,43,50)(H,51,52)(H2,42,44,54)/t25-,26-/m0/s1. The average Bonchev–Trinajstić information content (AvgIpc) is 3.51. The molecule has 0 unspecified atom stereocenters.